The van der Waals surface area contributed by atoms with Gasteiger partial charge in [-0.2, -0.15) is 0 Å². The predicted molar refractivity (Wildman–Crippen MR) is 121 cm³/mol. The maximum atomic E-state index is 13.2. The van der Waals surface area contributed by atoms with E-state index in [1.165, 1.54) is 11.1 Å². The van der Waals surface area contributed by atoms with Gasteiger partial charge >= 0.3 is 0 Å². The highest BCUT2D eigenvalue weighted by molar-refractivity contribution is 7.85. The van der Waals surface area contributed by atoms with Gasteiger partial charge in [0.25, 0.3) is 0 Å². The first-order valence-electron chi connectivity index (χ1n) is 10.2. The summed E-state index contributed by atoms with van der Waals surface area (Å²) in [4.78, 5) is 0.719. The standard InChI is InChI=1S/C24H31N3O2S/c1-15(2)20-14-22(29-8)21(13-16(20)3)27-17(4)23(25-26-27)30(28)19-11-9-18(10-12-19)24(5,6)7/h9-15H,1-8H3. The van der Waals surface area contributed by atoms with E-state index in [1.54, 1.807) is 11.8 Å². The van der Waals surface area contributed by atoms with Crippen LogP contribution >= 0.6 is 0 Å². The van der Waals surface area contributed by atoms with Crippen molar-refractivity contribution in [2.45, 2.75) is 69.7 Å². The fraction of sp³-hybridized carbons (Fsp3) is 0.417. The fourth-order valence-corrected chi connectivity index (χ4v) is 4.62. The van der Waals surface area contributed by atoms with Gasteiger partial charge in [0.05, 0.1) is 12.8 Å². The number of rotatable bonds is 5. The van der Waals surface area contributed by atoms with Gasteiger partial charge in [-0.15, -0.1) is 5.10 Å². The molecule has 0 aliphatic heterocycles. The zero-order chi connectivity index (χ0) is 22.2. The highest BCUT2D eigenvalue weighted by atomic mass is 32.2. The number of hydrogen-bond donors (Lipinski definition) is 0. The summed E-state index contributed by atoms with van der Waals surface area (Å²) in [6, 6.07) is 12.0. The number of aryl methyl sites for hydroxylation is 1. The highest BCUT2D eigenvalue weighted by Crippen LogP contribution is 2.32. The molecule has 0 aliphatic rings. The molecule has 0 spiro atoms. The van der Waals surface area contributed by atoms with Crippen molar-refractivity contribution >= 4 is 10.8 Å². The summed E-state index contributed by atoms with van der Waals surface area (Å²) in [7, 11) is 0.246. The summed E-state index contributed by atoms with van der Waals surface area (Å²) in [5.74, 6) is 1.12. The van der Waals surface area contributed by atoms with Crippen LogP contribution in [0.5, 0.6) is 5.75 Å². The average molecular weight is 426 g/mol. The summed E-state index contributed by atoms with van der Waals surface area (Å²) in [5.41, 5.74) is 5.19. The van der Waals surface area contributed by atoms with Gasteiger partial charge in [0, 0.05) is 4.90 Å². The van der Waals surface area contributed by atoms with Crippen molar-refractivity contribution in [2.75, 3.05) is 7.11 Å². The van der Waals surface area contributed by atoms with Crippen molar-refractivity contribution in [1.82, 2.24) is 15.0 Å². The monoisotopic (exact) mass is 425 g/mol. The van der Waals surface area contributed by atoms with E-state index < -0.39 is 10.8 Å². The molecule has 0 fully saturated rings. The molecule has 30 heavy (non-hydrogen) atoms. The van der Waals surface area contributed by atoms with Crippen molar-refractivity contribution in [3.63, 3.8) is 0 Å². The largest absolute Gasteiger partial charge is 0.494 e. The number of ether oxygens (including phenoxy) is 1. The van der Waals surface area contributed by atoms with Crippen LogP contribution in [-0.4, -0.2) is 26.3 Å². The van der Waals surface area contributed by atoms with Crippen molar-refractivity contribution in [1.29, 1.82) is 0 Å². The minimum Gasteiger partial charge on any atom is -0.494 e. The normalized spacial score (nSPS) is 13.0. The topological polar surface area (TPSA) is 57.0 Å². The third kappa shape index (κ3) is 4.19. The lowest BCUT2D eigenvalue weighted by atomic mass is 9.87. The van der Waals surface area contributed by atoms with Crippen molar-refractivity contribution in [3.05, 3.63) is 58.8 Å². The minimum atomic E-state index is -1.41. The van der Waals surface area contributed by atoms with E-state index in [4.69, 9.17) is 4.74 Å². The van der Waals surface area contributed by atoms with Crippen LogP contribution in [0.15, 0.2) is 46.3 Å². The van der Waals surface area contributed by atoms with Crippen LogP contribution in [0.2, 0.25) is 0 Å². The van der Waals surface area contributed by atoms with E-state index in [0.717, 1.165) is 27.6 Å². The maximum Gasteiger partial charge on any atom is 0.177 e. The van der Waals surface area contributed by atoms with Gasteiger partial charge in [-0.1, -0.05) is 52.0 Å². The summed E-state index contributed by atoms with van der Waals surface area (Å²) in [5, 5.41) is 9.03. The lowest BCUT2D eigenvalue weighted by Gasteiger charge is -2.19. The predicted octanol–water partition coefficient (Wildman–Crippen LogP) is 5.48. The third-order valence-corrected chi connectivity index (χ3v) is 6.81. The molecule has 160 valence electrons. The minimum absolute atomic E-state index is 0.0512. The Balaban J connectivity index is 2.01. The van der Waals surface area contributed by atoms with Gasteiger partial charge in [-0.25, -0.2) is 8.89 Å². The molecule has 6 heteroatoms. The lowest BCUT2D eigenvalue weighted by molar-refractivity contribution is 0.410. The Kier molecular flexibility index (Phi) is 6.18. The molecule has 2 aromatic carbocycles. The number of aromatic nitrogens is 3. The zero-order valence-electron chi connectivity index (χ0n) is 19.1. The molecule has 0 saturated carbocycles. The molecule has 3 rings (SSSR count). The summed E-state index contributed by atoms with van der Waals surface area (Å²) in [6.45, 7) is 14.8. The Hall–Kier alpha value is -2.47. The second-order valence-corrected chi connectivity index (χ2v) is 10.4. The van der Waals surface area contributed by atoms with Crippen LogP contribution in [0.4, 0.5) is 0 Å². The van der Waals surface area contributed by atoms with E-state index in [9.17, 15) is 4.21 Å². The first-order valence-corrected chi connectivity index (χ1v) is 11.3. The number of hydrogen-bond acceptors (Lipinski definition) is 4. The first kappa shape index (κ1) is 22.2. The zero-order valence-corrected chi connectivity index (χ0v) is 19.9. The molecule has 0 N–H and O–H groups in total. The molecule has 1 atom stereocenters. The molecule has 0 radical (unpaired) electrons. The lowest BCUT2D eigenvalue weighted by Crippen LogP contribution is -2.10. The van der Waals surface area contributed by atoms with Crippen LogP contribution in [0.25, 0.3) is 5.69 Å². The molecule has 0 amide bonds. The second-order valence-electron chi connectivity index (χ2n) is 8.97. The van der Waals surface area contributed by atoms with E-state index >= 15 is 0 Å². The van der Waals surface area contributed by atoms with Gasteiger partial charge in [-0.05, 0) is 66.1 Å². The van der Waals surface area contributed by atoms with Crippen molar-refractivity contribution < 1.29 is 8.95 Å². The van der Waals surface area contributed by atoms with Gasteiger partial charge in [0.2, 0.25) is 0 Å². The highest BCUT2D eigenvalue weighted by Gasteiger charge is 2.21. The summed E-state index contributed by atoms with van der Waals surface area (Å²) < 4.78 is 20.6. The van der Waals surface area contributed by atoms with E-state index in [1.807, 2.05) is 31.2 Å². The number of benzene rings is 2. The molecular weight excluding hydrogens is 394 g/mol. The van der Waals surface area contributed by atoms with Gasteiger partial charge in [-0.3, -0.25) is 0 Å². The Morgan fingerprint density at radius 2 is 1.70 bits per heavy atom. The van der Waals surface area contributed by atoms with Crippen LogP contribution in [-0.2, 0) is 16.2 Å². The number of methoxy groups -OCH3 is 1. The van der Waals surface area contributed by atoms with Gasteiger partial charge < -0.3 is 4.74 Å². The molecule has 1 unspecified atom stereocenters. The Labute approximate surface area is 181 Å². The number of nitrogens with zero attached hydrogens (tertiary/aromatic N) is 3. The first-order chi connectivity index (χ1) is 14.0. The summed E-state index contributed by atoms with van der Waals surface area (Å²) >= 11 is 0. The molecule has 1 heterocycles. The molecule has 0 aliphatic carbocycles. The Bertz CT molecular complexity index is 1080. The fourth-order valence-electron chi connectivity index (χ4n) is 3.55. The quantitative estimate of drug-likeness (QED) is 0.543. The second kappa shape index (κ2) is 8.34. The SMILES string of the molecule is COc1cc(C(C)C)c(C)cc1-n1nnc(S(=O)c2ccc(C(C)(C)C)cc2)c1C. The van der Waals surface area contributed by atoms with E-state index in [0.29, 0.717) is 10.9 Å². The molecule has 1 aromatic heterocycles. The molecule has 3 aromatic rings. The molecule has 0 saturated heterocycles. The van der Waals surface area contributed by atoms with E-state index in [-0.39, 0.29) is 5.41 Å². The van der Waals surface area contributed by atoms with Crippen LogP contribution in [0.3, 0.4) is 0 Å². The summed E-state index contributed by atoms with van der Waals surface area (Å²) in [6.07, 6.45) is 0. The average Bonchev–Trinajstić information content (AvgIpc) is 3.07. The molecular formula is C24H31N3O2S. The molecule has 0 bridgehead atoms. The van der Waals surface area contributed by atoms with E-state index in [2.05, 4.69) is 64.0 Å². The third-order valence-electron chi connectivity index (χ3n) is 5.38. The smallest absolute Gasteiger partial charge is 0.177 e. The van der Waals surface area contributed by atoms with Crippen LogP contribution in [0.1, 0.15) is 62.9 Å². The Morgan fingerprint density at radius 1 is 1.07 bits per heavy atom. The van der Waals surface area contributed by atoms with Gasteiger partial charge in [0.15, 0.2) is 5.03 Å². The van der Waals surface area contributed by atoms with Crippen molar-refractivity contribution in [3.8, 4) is 11.4 Å². The van der Waals surface area contributed by atoms with Crippen molar-refractivity contribution in [2.24, 2.45) is 0 Å². The Morgan fingerprint density at radius 3 is 2.23 bits per heavy atom. The maximum absolute atomic E-state index is 13.2. The van der Waals surface area contributed by atoms with Crippen LogP contribution < -0.4 is 4.74 Å². The molecule has 5 nitrogen and oxygen atoms in total. The van der Waals surface area contributed by atoms with Gasteiger partial charge in [0.1, 0.15) is 22.2 Å². The van der Waals surface area contributed by atoms with Crippen LogP contribution in [0, 0.1) is 13.8 Å².